The number of rotatable bonds is 6. The number of urea groups is 1. The van der Waals surface area contributed by atoms with Gasteiger partial charge in [0.1, 0.15) is 0 Å². The molecule has 2 N–H and O–H groups in total. The van der Waals surface area contributed by atoms with Gasteiger partial charge in [0.05, 0.1) is 10.2 Å². The molecule has 130 valence electrons. The van der Waals surface area contributed by atoms with Crippen LogP contribution in [0.3, 0.4) is 0 Å². The smallest absolute Gasteiger partial charge is 0.321 e. The SMILES string of the molecule is CC(C)c1cccc2sc(NC(=O)NCCCc3ccccc3)nc12. The van der Waals surface area contributed by atoms with E-state index in [1.807, 2.05) is 30.3 Å². The van der Waals surface area contributed by atoms with Gasteiger partial charge in [-0.05, 0) is 36.0 Å². The van der Waals surface area contributed by atoms with Crippen LogP contribution in [-0.2, 0) is 6.42 Å². The molecule has 0 saturated carbocycles. The van der Waals surface area contributed by atoms with Crippen LogP contribution in [-0.4, -0.2) is 17.6 Å². The molecule has 2 amide bonds. The van der Waals surface area contributed by atoms with Gasteiger partial charge in [-0.1, -0.05) is 67.6 Å². The third-order valence-electron chi connectivity index (χ3n) is 4.06. The van der Waals surface area contributed by atoms with E-state index in [1.54, 1.807) is 0 Å². The van der Waals surface area contributed by atoms with Gasteiger partial charge in [0.2, 0.25) is 0 Å². The number of amides is 2. The minimum Gasteiger partial charge on any atom is -0.338 e. The van der Waals surface area contributed by atoms with Gasteiger partial charge in [-0.2, -0.15) is 0 Å². The van der Waals surface area contributed by atoms with Crippen LogP contribution in [0.2, 0.25) is 0 Å². The number of carbonyl (C=O) groups excluding carboxylic acids is 1. The van der Waals surface area contributed by atoms with Crippen LogP contribution in [0.25, 0.3) is 10.2 Å². The number of nitrogens with zero attached hydrogens (tertiary/aromatic N) is 1. The lowest BCUT2D eigenvalue weighted by molar-refractivity contribution is 0.252. The molecule has 0 aliphatic heterocycles. The van der Waals surface area contributed by atoms with E-state index >= 15 is 0 Å². The highest BCUT2D eigenvalue weighted by atomic mass is 32.1. The van der Waals surface area contributed by atoms with Crippen molar-refractivity contribution in [1.82, 2.24) is 10.3 Å². The Hall–Kier alpha value is -2.40. The molecule has 2 aromatic carbocycles. The topological polar surface area (TPSA) is 54.0 Å². The van der Waals surface area contributed by atoms with Gasteiger partial charge in [0.15, 0.2) is 5.13 Å². The number of fused-ring (bicyclic) bond motifs is 1. The molecule has 0 bridgehead atoms. The van der Waals surface area contributed by atoms with E-state index in [2.05, 4.69) is 47.7 Å². The number of hydrogen-bond donors (Lipinski definition) is 2. The van der Waals surface area contributed by atoms with Crippen LogP contribution in [0.4, 0.5) is 9.93 Å². The number of carbonyl (C=O) groups is 1. The van der Waals surface area contributed by atoms with Gasteiger partial charge in [0, 0.05) is 6.54 Å². The summed E-state index contributed by atoms with van der Waals surface area (Å²) in [6, 6.07) is 16.3. The summed E-state index contributed by atoms with van der Waals surface area (Å²) in [5.74, 6) is 0.408. The number of para-hydroxylation sites is 1. The van der Waals surface area contributed by atoms with Crippen molar-refractivity contribution in [2.24, 2.45) is 0 Å². The fraction of sp³-hybridized carbons (Fsp3) is 0.300. The average molecular weight is 353 g/mol. The number of thiazole rings is 1. The van der Waals surface area contributed by atoms with E-state index in [0.717, 1.165) is 23.1 Å². The Morgan fingerprint density at radius 3 is 2.68 bits per heavy atom. The lowest BCUT2D eigenvalue weighted by Crippen LogP contribution is -2.29. The van der Waals surface area contributed by atoms with E-state index in [-0.39, 0.29) is 6.03 Å². The quantitative estimate of drug-likeness (QED) is 0.600. The molecule has 0 spiro atoms. The first-order valence-corrected chi connectivity index (χ1v) is 9.43. The van der Waals surface area contributed by atoms with Crippen molar-refractivity contribution in [3.05, 3.63) is 59.7 Å². The molecule has 1 heterocycles. The van der Waals surface area contributed by atoms with Crippen LogP contribution in [0, 0.1) is 0 Å². The summed E-state index contributed by atoms with van der Waals surface area (Å²) in [4.78, 5) is 16.7. The number of benzene rings is 2. The van der Waals surface area contributed by atoms with Crippen LogP contribution in [0.15, 0.2) is 48.5 Å². The Kier molecular flexibility index (Phi) is 5.66. The van der Waals surface area contributed by atoms with Crippen molar-refractivity contribution < 1.29 is 4.79 Å². The molecule has 25 heavy (non-hydrogen) atoms. The molecule has 3 rings (SSSR count). The normalized spacial score (nSPS) is 11.0. The summed E-state index contributed by atoms with van der Waals surface area (Å²) in [6.07, 6.45) is 1.87. The zero-order chi connectivity index (χ0) is 17.6. The molecular weight excluding hydrogens is 330 g/mol. The molecule has 0 aliphatic rings. The van der Waals surface area contributed by atoms with Gasteiger partial charge >= 0.3 is 6.03 Å². The molecule has 0 atom stereocenters. The van der Waals surface area contributed by atoms with Crippen molar-refractivity contribution in [2.45, 2.75) is 32.6 Å². The van der Waals surface area contributed by atoms with Gasteiger partial charge in [-0.3, -0.25) is 5.32 Å². The maximum absolute atomic E-state index is 12.1. The third kappa shape index (κ3) is 4.57. The third-order valence-corrected chi connectivity index (χ3v) is 5.00. The standard InChI is InChI=1S/C20H23N3OS/c1-14(2)16-11-6-12-17-18(16)22-20(25-17)23-19(24)21-13-7-10-15-8-4-3-5-9-15/h3-6,8-9,11-12,14H,7,10,13H2,1-2H3,(H2,21,22,23,24). The Morgan fingerprint density at radius 1 is 1.12 bits per heavy atom. The summed E-state index contributed by atoms with van der Waals surface area (Å²) in [6.45, 7) is 4.95. The van der Waals surface area contributed by atoms with Crippen molar-refractivity contribution in [1.29, 1.82) is 0 Å². The number of anilines is 1. The molecular formula is C20H23N3OS. The largest absolute Gasteiger partial charge is 0.338 e. The van der Waals surface area contributed by atoms with Gasteiger partial charge < -0.3 is 5.32 Å². The number of aromatic nitrogens is 1. The predicted octanol–water partition coefficient (Wildman–Crippen LogP) is 5.17. The van der Waals surface area contributed by atoms with E-state index in [4.69, 9.17) is 0 Å². The van der Waals surface area contributed by atoms with E-state index in [1.165, 1.54) is 22.5 Å². The second-order valence-electron chi connectivity index (χ2n) is 6.34. The Labute approximate surface area is 152 Å². The van der Waals surface area contributed by atoms with E-state index in [9.17, 15) is 4.79 Å². The highest BCUT2D eigenvalue weighted by molar-refractivity contribution is 7.22. The summed E-state index contributed by atoms with van der Waals surface area (Å²) in [5, 5.41) is 6.40. The monoisotopic (exact) mass is 353 g/mol. The number of aryl methyl sites for hydroxylation is 1. The Balaban J connectivity index is 1.53. The van der Waals surface area contributed by atoms with E-state index in [0.29, 0.717) is 17.6 Å². The van der Waals surface area contributed by atoms with Crippen LogP contribution >= 0.6 is 11.3 Å². The summed E-state index contributed by atoms with van der Waals surface area (Å²) in [7, 11) is 0. The number of nitrogens with one attached hydrogen (secondary N) is 2. The number of hydrogen-bond acceptors (Lipinski definition) is 3. The van der Waals surface area contributed by atoms with Crippen molar-refractivity contribution in [2.75, 3.05) is 11.9 Å². The molecule has 0 radical (unpaired) electrons. The molecule has 0 saturated heterocycles. The lowest BCUT2D eigenvalue weighted by Gasteiger charge is -2.06. The van der Waals surface area contributed by atoms with Crippen molar-refractivity contribution in [3.63, 3.8) is 0 Å². The summed E-state index contributed by atoms with van der Waals surface area (Å²) >= 11 is 1.51. The highest BCUT2D eigenvalue weighted by Gasteiger charge is 2.12. The summed E-state index contributed by atoms with van der Waals surface area (Å²) < 4.78 is 1.10. The first kappa shape index (κ1) is 17.4. The highest BCUT2D eigenvalue weighted by Crippen LogP contribution is 2.31. The maximum atomic E-state index is 12.1. The maximum Gasteiger partial charge on any atom is 0.321 e. The molecule has 0 fully saturated rings. The Bertz CT molecular complexity index is 843. The van der Waals surface area contributed by atoms with Gasteiger partial charge in [0.25, 0.3) is 0 Å². The second kappa shape index (κ2) is 8.12. The molecule has 0 unspecified atom stereocenters. The Morgan fingerprint density at radius 2 is 1.92 bits per heavy atom. The lowest BCUT2D eigenvalue weighted by atomic mass is 10.0. The molecule has 5 heteroatoms. The fourth-order valence-electron chi connectivity index (χ4n) is 2.77. The second-order valence-corrected chi connectivity index (χ2v) is 7.37. The first-order chi connectivity index (χ1) is 12.1. The molecule has 4 nitrogen and oxygen atoms in total. The zero-order valence-corrected chi connectivity index (χ0v) is 15.4. The molecule has 0 aliphatic carbocycles. The van der Waals surface area contributed by atoms with E-state index < -0.39 is 0 Å². The van der Waals surface area contributed by atoms with Crippen LogP contribution in [0.5, 0.6) is 0 Å². The van der Waals surface area contributed by atoms with Crippen LogP contribution in [0.1, 0.15) is 37.3 Å². The van der Waals surface area contributed by atoms with Crippen LogP contribution < -0.4 is 10.6 Å². The fourth-order valence-corrected chi connectivity index (χ4v) is 3.67. The predicted molar refractivity (Wildman–Crippen MR) is 105 cm³/mol. The van der Waals surface area contributed by atoms with Crippen molar-refractivity contribution in [3.8, 4) is 0 Å². The first-order valence-electron chi connectivity index (χ1n) is 8.61. The van der Waals surface area contributed by atoms with Gasteiger partial charge in [-0.15, -0.1) is 0 Å². The zero-order valence-electron chi connectivity index (χ0n) is 14.6. The van der Waals surface area contributed by atoms with Gasteiger partial charge in [-0.25, -0.2) is 9.78 Å². The molecule has 1 aromatic heterocycles. The average Bonchev–Trinajstić information content (AvgIpc) is 3.01. The minimum atomic E-state index is -0.196. The van der Waals surface area contributed by atoms with Crippen molar-refractivity contribution >= 4 is 32.7 Å². The molecule has 3 aromatic rings. The summed E-state index contributed by atoms with van der Waals surface area (Å²) in [5.41, 5.74) is 3.49. The minimum absolute atomic E-state index is 0.196.